The summed E-state index contributed by atoms with van der Waals surface area (Å²) in [5.74, 6) is 0.514. The summed E-state index contributed by atoms with van der Waals surface area (Å²) < 4.78 is 6.66. The van der Waals surface area contributed by atoms with Crippen LogP contribution in [0.4, 0.5) is 0 Å². The summed E-state index contributed by atoms with van der Waals surface area (Å²) in [6, 6.07) is 7.03. The number of aromatic nitrogens is 1. The van der Waals surface area contributed by atoms with Gasteiger partial charge in [-0.15, -0.1) is 0 Å². The van der Waals surface area contributed by atoms with Gasteiger partial charge >= 0.3 is 0 Å². The molecule has 0 N–H and O–H groups in total. The molecule has 0 amide bonds. The number of halogens is 1. The van der Waals surface area contributed by atoms with Crippen LogP contribution in [0.1, 0.15) is 5.76 Å². The topological polar surface area (TPSA) is 35.1 Å². The summed E-state index contributed by atoms with van der Waals surface area (Å²) in [6.45, 7) is 1.72. The Hall–Kier alpha value is -1.39. The van der Waals surface area contributed by atoms with Crippen LogP contribution in [0.25, 0.3) is 11.1 Å². The molecule has 0 aliphatic heterocycles. The van der Waals surface area contributed by atoms with Crippen molar-refractivity contribution >= 4 is 23.8 Å². The Kier molecular flexibility index (Phi) is 3.17. The lowest BCUT2D eigenvalue weighted by Gasteiger charge is -2.06. The Morgan fingerprint density at radius 2 is 1.88 bits per heavy atom. The maximum atomic E-state index is 12.1. The van der Waals surface area contributed by atoms with Crippen LogP contribution < -0.4 is 5.56 Å². The van der Waals surface area contributed by atoms with E-state index in [2.05, 4.69) is 0 Å². The van der Waals surface area contributed by atoms with Crippen molar-refractivity contribution in [2.24, 2.45) is 7.05 Å². The predicted molar refractivity (Wildman–Crippen MR) is 70.0 cm³/mol. The average Bonchev–Trinajstić information content (AvgIpc) is 2.29. The second-order valence-electron chi connectivity index (χ2n) is 3.67. The van der Waals surface area contributed by atoms with Crippen LogP contribution in [0.2, 0.25) is 5.02 Å². The summed E-state index contributed by atoms with van der Waals surface area (Å²) in [7, 11) is 1.59. The van der Waals surface area contributed by atoms with Crippen molar-refractivity contribution in [3.63, 3.8) is 0 Å². The molecule has 0 saturated carbocycles. The molecule has 17 heavy (non-hydrogen) atoms. The quantitative estimate of drug-likeness (QED) is 0.744. The molecule has 0 radical (unpaired) electrons. The highest BCUT2D eigenvalue weighted by Crippen LogP contribution is 2.21. The van der Waals surface area contributed by atoms with Crippen LogP contribution in [0, 0.1) is 11.8 Å². The number of benzene rings is 1. The van der Waals surface area contributed by atoms with Crippen molar-refractivity contribution in [2.45, 2.75) is 6.92 Å². The third-order valence-electron chi connectivity index (χ3n) is 2.52. The average molecular weight is 268 g/mol. The van der Waals surface area contributed by atoms with Gasteiger partial charge in [0.2, 0.25) is 0 Å². The first-order valence-electron chi connectivity index (χ1n) is 4.97. The minimum absolute atomic E-state index is 0.166. The molecule has 0 bridgehead atoms. The van der Waals surface area contributed by atoms with Gasteiger partial charge in [0.25, 0.3) is 10.4 Å². The fourth-order valence-corrected chi connectivity index (χ4v) is 1.93. The molecule has 1 aromatic carbocycles. The lowest BCUT2D eigenvalue weighted by Crippen LogP contribution is -2.20. The predicted octanol–water partition coefficient (Wildman–Crippen LogP) is 3.34. The zero-order valence-electron chi connectivity index (χ0n) is 9.36. The van der Waals surface area contributed by atoms with E-state index in [0.717, 1.165) is 5.56 Å². The summed E-state index contributed by atoms with van der Waals surface area (Å²) in [5, 5.41) is 0.625. The first kappa shape index (κ1) is 12.1. The van der Waals surface area contributed by atoms with Crippen molar-refractivity contribution in [3.05, 3.63) is 50.2 Å². The largest absolute Gasteiger partial charge is 0.435 e. The van der Waals surface area contributed by atoms with Crippen LogP contribution >= 0.6 is 23.8 Å². The van der Waals surface area contributed by atoms with E-state index in [0.29, 0.717) is 16.3 Å². The summed E-state index contributed by atoms with van der Waals surface area (Å²) >= 11 is 10.7. The number of hydrogen-bond acceptors (Lipinski definition) is 3. The minimum Gasteiger partial charge on any atom is -0.435 e. The monoisotopic (exact) mass is 267 g/mol. The molecule has 2 aromatic rings. The Balaban J connectivity index is 2.76. The molecule has 0 saturated heterocycles. The molecular weight excluding hydrogens is 258 g/mol. The van der Waals surface area contributed by atoms with Crippen LogP contribution in [0.5, 0.6) is 0 Å². The van der Waals surface area contributed by atoms with Gasteiger partial charge in [-0.3, -0.25) is 9.36 Å². The Bertz CT molecular complexity index is 670. The number of aryl methyl sites for hydroxylation is 1. The van der Waals surface area contributed by atoms with Crippen LogP contribution in [0.15, 0.2) is 33.5 Å². The molecule has 0 atom stereocenters. The highest BCUT2D eigenvalue weighted by Gasteiger charge is 2.11. The van der Waals surface area contributed by atoms with E-state index in [9.17, 15) is 4.79 Å². The Morgan fingerprint density at radius 1 is 1.29 bits per heavy atom. The SMILES string of the molecule is Cc1oc(=S)n(C)c(=O)c1-c1ccc(Cl)cc1. The van der Waals surface area contributed by atoms with Gasteiger partial charge in [0.15, 0.2) is 0 Å². The van der Waals surface area contributed by atoms with Gasteiger partial charge in [-0.1, -0.05) is 23.7 Å². The third-order valence-corrected chi connectivity index (χ3v) is 3.13. The van der Waals surface area contributed by atoms with Crippen molar-refractivity contribution in [3.8, 4) is 11.1 Å². The first-order chi connectivity index (χ1) is 8.00. The van der Waals surface area contributed by atoms with Crippen LogP contribution in [-0.4, -0.2) is 4.57 Å². The Labute approximate surface area is 108 Å². The van der Waals surface area contributed by atoms with Crippen molar-refractivity contribution in [2.75, 3.05) is 0 Å². The van der Waals surface area contributed by atoms with E-state index in [1.165, 1.54) is 4.57 Å². The van der Waals surface area contributed by atoms with E-state index in [4.69, 9.17) is 28.2 Å². The minimum atomic E-state index is -0.166. The molecule has 0 spiro atoms. The molecule has 88 valence electrons. The van der Waals surface area contributed by atoms with E-state index in [1.807, 2.05) is 0 Å². The van der Waals surface area contributed by atoms with Gasteiger partial charge in [-0.2, -0.15) is 0 Å². The van der Waals surface area contributed by atoms with Crippen molar-refractivity contribution < 1.29 is 4.42 Å². The molecule has 3 nitrogen and oxygen atoms in total. The zero-order chi connectivity index (χ0) is 12.6. The van der Waals surface area contributed by atoms with E-state index >= 15 is 0 Å². The lowest BCUT2D eigenvalue weighted by molar-refractivity contribution is 0.447. The third kappa shape index (κ3) is 2.18. The smallest absolute Gasteiger partial charge is 0.271 e. The van der Waals surface area contributed by atoms with Gasteiger partial charge < -0.3 is 4.42 Å². The van der Waals surface area contributed by atoms with Gasteiger partial charge in [0, 0.05) is 12.1 Å². The summed E-state index contributed by atoms with van der Waals surface area (Å²) in [5.41, 5.74) is 1.12. The summed E-state index contributed by atoms with van der Waals surface area (Å²) in [6.07, 6.45) is 0. The fraction of sp³-hybridized carbons (Fsp3) is 0.167. The lowest BCUT2D eigenvalue weighted by atomic mass is 10.1. The highest BCUT2D eigenvalue weighted by atomic mass is 35.5. The van der Waals surface area contributed by atoms with Crippen molar-refractivity contribution in [1.82, 2.24) is 4.57 Å². The van der Waals surface area contributed by atoms with Crippen molar-refractivity contribution in [1.29, 1.82) is 0 Å². The maximum absolute atomic E-state index is 12.1. The number of nitrogens with zero attached hydrogens (tertiary/aromatic N) is 1. The normalized spacial score (nSPS) is 10.5. The van der Waals surface area contributed by atoms with E-state index < -0.39 is 0 Å². The molecule has 1 heterocycles. The van der Waals surface area contributed by atoms with E-state index in [-0.39, 0.29) is 10.4 Å². The number of rotatable bonds is 1. The molecule has 0 fully saturated rings. The van der Waals surface area contributed by atoms with Gasteiger partial charge in [0.05, 0.1) is 5.56 Å². The molecule has 0 aliphatic carbocycles. The maximum Gasteiger partial charge on any atom is 0.271 e. The standard InChI is InChI=1S/C12H10ClNO2S/c1-7-10(8-3-5-9(13)6-4-8)11(15)14(2)12(17)16-7/h3-6H,1-2H3. The highest BCUT2D eigenvalue weighted by molar-refractivity contribution is 7.71. The van der Waals surface area contributed by atoms with Crippen LogP contribution in [-0.2, 0) is 7.05 Å². The molecule has 1 aromatic heterocycles. The number of hydrogen-bond donors (Lipinski definition) is 0. The molecule has 0 unspecified atom stereocenters. The second-order valence-corrected chi connectivity index (χ2v) is 4.46. The van der Waals surface area contributed by atoms with E-state index in [1.54, 1.807) is 38.2 Å². The fourth-order valence-electron chi connectivity index (χ4n) is 1.59. The van der Waals surface area contributed by atoms with Gasteiger partial charge in [0.1, 0.15) is 5.76 Å². The zero-order valence-corrected chi connectivity index (χ0v) is 10.9. The van der Waals surface area contributed by atoms with Gasteiger partial charge in [-0.25, -0.2) is 0 Å². The molecule has 0 aliphatic rings. The molecular formula is C12H10ClNO2S. The Morgan fingerprint density at radius 3 is 2.47 bits per heavy atom. The van der Waals surface area contributed by atoms with Gasteiger partial charge in [-0.05, 0) is 36.8 Å². The summed E-state index contributed by atoms with van der Waals surface area (Å²) in [4.78, 5) is 12.3. The molecule has 5 heteroatoms. The van der Waals surface area contributed by atoms with Crippen LogP contribution in [0.3, 0.4) is 0 Å². The molecule has 2 rings (SSSR count). The second kappa shape index (κ2) is 4.47. The first-order valence-corrected chi connectivity index (χ1v) is 5.76.